The first-order valence-electron chi connectivity index (χ1n) is 7.96. The van der Waals surface area contributed by atoms with E-state index in [1.54, 1.807) is 0 Å². The molecular formula is C17H25N3O. The summed E-state index contributed by atoms with van der Waals surface area (Å²) in [5.74, 6) is 0.199. The third-order valence-electron chi connectivity index (χ3n) is 4.73. The normalized spacial score (nSPS) is 23.5. The minimum atomic E-state index is 0.199. The second-order valence-corrected chi connectivity index (χ2v) is 6.30. The standard InChI is InChI=1S/C17H25N3O/c1-13-3-4-16(14(2)11-13)17(21)20-8-5-15(12-20)19-9-6-18-7-10-19/h3-4,11,15,18H,5-10,12H2,1-2H3. The van der Waals surface area contributed by atoms with Crippen LogP contribution in [0.1, 0.15) is 27.9 Å². The molecule has 1 atom stereocenters. The van der Waals surface area contributed by atoms with Gasteiger partial charge >= 0.3 is 0 Å². The molecular weight excluding hydrogens is 262 g/mol. The number of rotatable bonds is 2. The van der Waals surface area contributed by atoms with E-state index in [4.69, 9.17) is 0 Å². The van der Waals surface area contributed by atoms with Crippen molar-refractivity contribution < 1.29 is 4.79 Å². The highest BCUT2D eigenvalue weighted by atomic mass is 16.2. The Morgan fingerprint density at radius 3 is 2.67 bits per heavy atom. The molecule has 0 spiro atoms. The smallest absolute Gasteiger partial charge is 0.254 e. The summed E-state index contributed by atoms with van der Waals surface area (Å²) in [6.07, 6.45) is 1.11. The van der Waals surface area contributed by atoms with Crippen molar-refractivity contribution in [2.75, 3.05) is 39.3 Å². The summed E-state index contributed by atoms with van der Waals surface area (Å²) in [5, 5.41) is 3.39. The van der Waals surface area contributed by atoms with Gasteiger partial charge in [0.15, 0.2) is 0 Å². The van der Waals surface area contributed by atoms with E-state index in [0.717, 1.165) is 56.8 Å². The zero-order valence-corrected chi connectivity index (χ0v) is 13.1. The number of hydrogen-bond acceptors (Lipinski definition) is 3. The van der Waals surface area contributed by atoms with Gasteiger partial charge in [-0.2, -0.15) is 0 Å². The molecule has 0 saturated carbocycles. The second-order valence-electron chi connectivity index (χ2n) is 6.30. The maximum atomic E-state index is 12.7. The maximum Gasteiger partial charge on any atom is 0.254 e. The van der Waals surface area contributed by atoms with Crippen LogP contribution in [0.15, 0.2) is 18.2 Å². The van der Waals surface area contributed by atoms with Crippen molar-refractivity contribution in [2.45, 2.75) is 26.3 Å². The van der Waals surface area contributed by atoms with Crippen molar-refractivity contribution >= 4 is 5.91 Å². The highest BCUT2D eigenvalue weighted by molar-refractivity contribution is 5.95. The number of hydrogen-bond donors (Lipinski definition) is 1. The molecule has 1 N–H and O–H groups in total. The van der Waals surface area contributed by atoms with Crippen LogP contribution < -0.4 is 5.32 Å². The van der Waals surface area contributed by atoms with Gasteiger partial charge in [-0.15, -0.1) is 0 Å². The molecule has 2 fully saturated rings. The lowest BCUT2D eigenvalue weighted by atomic mass is 10.0. The Hall–Kier alpha value is -1.39. The van der Waals surface area contributed by atoms with E-state index in [1.165, 1.54) is 5.56 Å². The monoisotopic (exact) mass is 287 g/mol. The van der Waals surface area contributed by atoms with Crippen LogP contribution in [0, 0.1) is 13.8 Å². The van der Waals surface area contributed by atoms with Crippen LogP contribution in [0.25, 0.3) is 0 Å². The fourth-order valence-electron chi connectivity index (χ4n) is 3.50. The van der Waals surface area contributed by atoms with Gasteiger partial charge in [0, 0.05) is 50.9 Å². The first-order chi connectivity index (χ1) is 10.1. The molecule has 0 aromatic heterocycles. The first kappa shape index (κ1) is 14.5. The van der Waals surface area contributed by atoms with E-state index >= 15 is 0 Å². The topological polar surface area (TPSA) is 35.6 Å². The van der Waals surface area contributed by atoms with Crippen molar-refractivity contribution in [1.82, 2.24) is 15.1 Å². The van der Waals surface area contributed by atoms with E-state index in [0.29, 0.717) is 6.04 Å². The Bertz CT molecular complexity index is 523. The fourth-order valence-corrected chi connectivity index (χ4v) is 3.50. The van der Waals surface area contributed by atoms with E-state index in [-0.39, 0.29) is 5.91 Å². The Morgan fingerprint density at radius 1 is 1.19 bits per heavy atom. The molecule has 2 saturated heterocycles. The molecule has 114 valence electrons. The van der Waals surface area contributed by atoms with Gasteiger partial charge in [0.1, 0.15) is 0 Å². The molecule has 4 nitrogen and oxygen atoms in total. The number of piperazine rings is 1. The Morgan fingerprint density at radius 2 is 1.95 bits per heavy atom. The summed E-state index contributed by atoms with van der Waals surface area (Å²) in [7, 11) is 0. The minimum absolute atomic E-state index is 0.199. The molecule has 1 aromatic rings. The lowest BCUT2D eigenvalue weighted by Gasteiger charge is -2.32. The van der Waals surface area contributed by atoms with Gasteiger partial charge in [0.05, 0.1) is 0 Å². The van der Waals surface area contributed by atoms with Crippen LogP contribution >= 0.6 is 0 Å². The molecule has 1 unspecified atom stereocenters. The summed E-state index contributed by atoms with van der Waals surface area (Å²) < 4.78 is 0. The van der Waals surface area contributed by atoms with Gasteiger partial charge in [0.2, 0.25) is 0 Å². The molecule has 4 heteroatoms. The predicted octanol–water partition coefficient (Wildman–Crippen LogP) is 1.42. The number of amides is 1. The molecule has 0 bridgehead atoms. The van der Waals surface area contributed by atoms with Gasteiger partial charge in [-0.25, -0.2) is 0 Å². The third-order valence-corrected chi connectivity index (χ3v) is 4.73. The highest BCUT2D eigenvalue weighted by Crippen LogP contribution is 2.20. The number of benzene rings is 1. The quantitative estimate of drug-likeness (QED) is 0.893. The molecule has 0 radical (unpaired) electrons. The molecule has 1 amide bonds. The maximum absolute atomic E-state index is 12.7. The number of nitrogens with zero attached hydrogens (tertiary/aromatic N) is 2. The van der Waals surface area contributed by atoms with Crippen LogP contribution in [0.2, 0.25) is 0 Å². The SMILES string of the molecule is Cc1ccc(C(=O)N2CCC(N3CCNCC3)C2)c(C)c1. The predicted molar refractivity (Wildman–Crippen MR) is 84.7 cm³/mol. The third kappa shape index (κ3) is 3.11. The minimum Gasteiger partial charge on any atom is -0.337 e. The number of nitrogens with one attached hydrogen (secondary N) is 1. The van der Waals surface area contributed by atoms with Gasteiger partial charge in [-0.05, 0) is 31.9 Å². The van der Waals surface area contributed by atoms with Crippen LogP contribution in [0.5, 0.6) is 0 Å². The Balaban J connectivity index is 1.66. The molecule has 3 rings (SSSR count). The van der Waals surface area contributed by atoms with Crippen molar-refractivity contribution in [3.8, 4) is 0 Å². The lowest BCUT2D eigenvalue weighted by Crippen LogP contribution is -2.49. The molecule has 1 aromatic carbocycles. The summed E-state index contributed by atoms with van der Waals surface area (Å²) in [6.45, 7) is 10.2. The van der Waals surface area contributed by atoms with Gasteiger partial charge in [0.25, 0.3) is 5.91 Å². The fraction of sp³-hybridized carbons (Fsp3) is 0.588. The summed E-state index contributed by atoms with van der Waals surface area (Å²) in [4.78, 5) is 17.3. The van der Waals surface area contributed by atoms with E-state index < -0.39 is 0 Å². The summed E-state index contributed by atoms with van der Waals surface area (Å²) in [5.41, 5.74) is 3.16. The summed E-state index contributed by atoms with van der Waals surface area (Å²) in [6, 6.07) is 6.65. The Kier molecular flexibility index (Phi) is 4.27. The largest absolute Gasteiger partial charge is 0.337 e. The Labute approximate surface area is 127 Å². The highest BCUT2D eigenvalue weighted by Gasteiger charge is 2.31. The van der Waals surface area contributed by atoms with Crippen molar-refractivity contribution in [2.24, 2.45) is 0 Å². The van der Waals surface area contributed by atoms with Crippen molar-refractivity contribution in [1.29, 1.82) is 0 Å². The van der Waals surface area contributed by atoms with E-state index in [9.17, 15) is 4.79 Å². The zero-order chi connectivity index (χ0) is 14.8. The number of likely N-dealkylation sites (tertiary alicyclic amines) is 1. The average molecular weight is 287 g/mol. The van der Waals surface area contributed by atoms with Crippen molar-refractivity contribution in [3.05, 3.63) is 34.9 Å². The number of carbonyl (C=O) groups is 1. The molecule has 21 heavy (non-hydrogen) atoms. The molecule has 2 aliphatic heterocycles. The lowest BCUT2D eigenvalue weighted by molar-refractivity contribution is 0.0773. The van der Waals surface area contributed by atoms with Gasteiger partial charge in [-0.1, -0.05) is 17.7 Å². The molecule has 2 heterocycles. The number of aryl methyl sites for hydroxylation is 2. The van der Waals surface area contributed by atoms with Gasteiger partial charge < -0.3 is 10.2 Å². The van der Waals surface area contributed by atoms with Crippen LogP contribution in [-0.4, -0.2) is 61.0 Å². The van der Waals surface area contributed by atoms with E-state index in [1.807, 2.05) is 24.0 Å². The molecule has 0 aliphatic carbocycles. The van der Waals surface area contributed by atoms with E-state index in [2.05, 4.69) is 23.2 Å². The zero-order valence-electron chi connectivity index (χ0n) is 13.1. The molecule has 2 aliphatic rings. The second kappa shape index (κ2) is 6.16. The first-order valence-corrected chi connectivity index (χ1v) is 7.96. The summed E-state index contributed by atoms with van der Waals surface area (Å²) >= 11 is 0. The van der Waals surface area contributed by atoms with Gasteiger partial charge in [-0.3, -0.25) is 9.69 Å². The van der Waals surface area contributed by atoms with Crippen LogP contribution in [0.3, 0.4) is 0 Å². The van der Waals surface area contributed by atoms with Crippen LogP contribution in [-0.2, 0) is 0 Å². The number of carbonyl (C=O) groups excluding carboxylic acids is 1. The van der Waals surface area contributed by atoms with Crippen molar-refractivity contribution in [3.63, 3.8) is 0 Å². The van der Waals surface area contributed by atoms with Crippen LogP contribution in [0.4, 0.5) is 0 Å². The average Bonchev–Trinajstić information content (AvgIpc) is 2.97.